The lowest BCUT2D eigenvalue weighted by atomic mass is 9.70. The SMILES string of the molecule is C=CCN(Cc1ccccc1)C(=O)[C@H]1[C@H]2C(=O)N(CCO)C(C(=O)N(CC=C)c3ccc(OC)cc3)C23CC(Br)[C@@H]1O3. The quantitative estimate of drug-likeness (QED) is 0.284. The Labute approximate surface area is 254 Å². The number of hydrogen-bond donors (Lipinski definition) is 1. The topological polar surface area (TPSA) is 99.6 Å². The molecule has 3 saturated heterocycles. The molecule has 5 rings (SSSR count). The molecule has 6 atom stereocenters. The molecule has 2 aromatic rings. The van der Waals surface area contributed by atoms with Gasteiger partial charge in [0.15, 0.2) is 0 Å². The molecule has 0 radical (unpaired) electrons. The van der Waals surface area contributed by atoms with Crippen molar-refractivity contribution in [2.45, 2.75) is 35.5 Å². The molecule has 0 saturated carbocycles. The van der Waals surface area contributed by atoms with E-state index in [2.05, 4.69) is 29.1 Å². The maximum Gasteiger partial charge on any atom is 0.253 e. The number of benzene rings is 2. The molecule has 3 aliphatic rings. The van der Waals surface area contributed by atoms with Crippen LogP contribution in [0.25, 0.3) is 0 Å². The van der Waals surface area contributed by atoms with E-state index < -0.39 is 29.6 Å². The van der Waals surface area contributed by atoms with E-state index in [1.54, 1.807) is 53.3 Å². The lowest BCUT2D eigenvalue weighted by molar-refractivity contribution is -0.145. The summed E-state index contributed by atoms with van der Waals surface area (Å²) in [7, 11) is 1.57. The Morgan fingerprint density at radius 1 is 1.12 bits per heavy atom. The third kappa shape index (κ3) is 5.05. The van der Waals surface area contributed by atoms with Crippen molar-refractivity contribution in [1.29, 1.82) is 0 Å². The van der Waals surface area contributed by atoms with Gasteiger partial charge >= 0.3 is 0 Å². The van der Waals surface area contributed by atoms with Crippen molar-refractivity contribution in [3.8, 4) is 5.75 Å². The number of ether oxygens (including phenoxy) is 2. The fourth-order valence-electron chi connectivity index (χ4n) is 6.80. The van der Waals surface area contributed by atoms with Crippen molar-refractivity contribution in [3.63, 3.8) is 0 Å². The van der Waals surface area contributed by atoms with Gasteiger partial charge in [-0.25, -0.2) is 0 Å². The molecule has 0 aliphatic carbocycles. The van der Waals surface area contributed by atoms with Crippen LogP contribution in [0.4, 0.5) is 5.69 Å². The number of anilines is 1. The molecule has 3 aliphatic heterocycles. The van der Waals surface area contributed by atoms with Gasteiger partial charge in [0, 0.05) is 36.7 Å². The Morgan fingerprint density at radius 3 is 2.43 bits per heavy atom. The summed E-state index contributed by atoms with van der Waals surface area (Å²) in [6.07, 6.45) is 3.07. The molecule has 1 spiro atoms. The van der Waals surface area contributed by atoms with Crippen LogP contribution < -0.4 is 9.64 Å². The van der Waals surface area contributed by atoms with Crippen molar-refractivity contribution >= 4 is 39.3 Å². The highest BCUT2D eigenvalue weighted by Gasteiger charge is 2.76. The van der Waals surface area contributed by atoms with E-state index >= 15 is 0 Å². The highest BCUT2D eigenvalue weighted by molar-refractivity contribution is 9.09. The minimum Gasteiger partial charge on any atom is -0.497 e. The molecule has 3 amide bonds. The number of fused-ring (bicyclic) bond motifs is 1. The molecule has 9 nitrogen and oxygen atoms in total. The van der Waals surface area contributed by atoms with Gasteiger partial charge in [0.25, 0.3) is 5.91 Å². The second-order valence-corrected chi connectivity index (χ2v) is 12.0. The molecular formula is C32H36BrN3O6. The predicted octanol–water partition coefficient (Wildman–Crippen LogP) is 3.17. The summed E-state index contributed by atoms with van der Waals surface area (Å²) < 4.78 is 11.9. The largest absolute Gasteiger partial charge is 0.497 e. The summed E-state index contributed by atoms with van der Waals surface area (Å²) >= 11 is 3.72. The second kappa shape index (κ2) is 12.4. The number of alkyl halides is 1. The number of rotatable bonds is 12. The lowest BCUT2D eigenvalue weighted by Gasteiger charge is -2.37. The van der Waals surface area contributed by atoms with Crippen LogP contribution in [0.5, 0.6) is 5.75 Å². The number of halogens is 1. The van der Waals surface area contributed by atoms with Gasteiger partial charge in [-0.3, -0.25) is 14.4 Å². The lowest BCUT2D eigenvalue weighted by Crippen LogP contribution is -2.57. The van der Waals surface area contributed by atoms with Crippen LogP contribution in [0.2, 0.25) is 0 Å². The monoisotopic (exact) mass is 637 g/mol. The Morgan fingerprint density at radius 2 is 1.81 bits per heavy atom. The van der Waals surface area contributed by atoms with Crippen LogP contribution in [-0.2, 0) is 25.7 Å². The normalized spacial score (nSPS) is 27.5. The first-order valence-corrected chi connectivity index (χ1v) is 15.0. The van der Waals surface area contributed by atoms with Gasteiger partial charge in [-0.2, -0.15) is 0 Å². The summed E-state index contributed by atoms with van der Waals surface area (Å²) in [5, 5.41) is 9.96. The third-order valence-electron chi connectivity index (χ3n) is 8.49. The number of amides is 3. The van der Waals surface area contributed by atoms with Crippen LogP contribution in [0, 0.1) is 11.8 Å². The molecule has 2 bridgehead atoms. The standard InChI is InChI=1S/C32H36BrN3O6/c1-4-15-34(20-21-9-7-6-8-10-21)29(38)25-26-30(39)36(17-18-37)28(32(26)19-24(33)27(25)42-32)31(40)35(16-5-2)22-11-13-23(41-3)14-12-22/h4-14,24-28,37H,1-2,15-20H2,3H3/t24?,25-,26-,27-,28?,32?/m0/s1. The average molecular weight is 639 g/mol. The maximum absolute atomic E-state index is 14.5. The van der Waals surface area contributed by atoms with Gasteiger partial charge in [-0.05, 0) is 36.2 Å². The van der Waals surface area contributed by atoms with E-state index in [9.17, 15) is 19.5 Å². The van der Waals surface area contributed by atoms with Crippen molar-refractivity contribution in [3.05, 3.63) is 85.5 Å². The zero-order valence-corrected chi connectivity index (χ0v) is 25.2. The van der Waals surface area contributed by atoms with Crippen molar-refractivity contribution < 1.29 is 29.0 Å². The number of nitrogens with zero attached hydrogens (tertiary/aromatic N) is 3. The van der Waals surface area contributed by atoms with Gasteiger partial charge in [0.05, 0.1) is 31.7 Å². The van der Waals surface area contributed by atoms with E-state index in [4.69, 9.17) is 9.47 Å². The van der Waals surface area contributed by atoms with E-state index in [1.165, 1.54) is 4.90 Å². The van der Waals surface area contributed by atoms with Gasteiger partial charge < -0.3 is 29.3 Å². The van der Waals surface area contributed by atoms with Crippen LogP contribution in [0.1, 0.15) is 12.0 Å². The number of carbonyl (C=O) groups excluding carboxylic acids is 3. The fraction of sp³-hybridized carbons (Fsp3) is 0.406. The average Bonchev–Trinajstić information content (AvgIpc) is 3.59. The van der Waals surface area contributed by atoms with Crippen molar-refractivity contribution in [1.82, 2.24) is 9.80 Å². The fourth-order valence-corrected chi connectivity index (χ4v) is 7.75. The molecule has 10 heteroatoms. The Balaban J connectivity index is 1.53. The van der Waals surface area contributed by atoms with Crippen LogP contribution in [0.3, 0.4) is 0 Å². The first-order chi connectivity index (χ1) is 20.3. The number of methoxy groups -OCH3 is 1. The van der Waals surface area contributed by atoms with Crippen LogP contribution in [-0.4, -0.2) is 88.6 Å². The molecule has 42 heavy (non-hydrogen) atoms. The third-order valence-corrected chi connectivity index (χ3v) is 9.33. The van der Waals surface area contributed by atoms with E-state index in [1.807, 2.05) is 30.3 Å². The van der Waals surface area contributed by atoms with Crippen molar-refractivity contribution in [2.75, 3.05) is 38.3 Å². The summed E-state index contributed by atoms with van der Waals surface area (Å²) in [6, 6.07) is 15.7. The number of aliphatic hydroxyl groups is 1. The summed E-state index contributed by atoms with van der Waals surface area (Å²) in [5.41, 5.74) is 0.322. The first-order valence-electron chi connectivity index (χ1n) is 14.0. The Kier molecular flexibility index (Phi) is 8.86. The summed E-state index contributed by atoms with van der Waals surface area (Å²) in [6.45, 7) is 8.12. The van der Waals surface area contributed by atoms with Gasteiger partial charge in [-0.15, -0.1) is 13.2 Å². The smallest absolute Gasteiger partial charge is 0.253 e. The minimum atomic E-state index is -1.24. The number of aliphatic hydroxyl groups excluding tert-OH is 1. The van der Waals surface area contributed by atoms with E-state index in [0.717, 1.165) is 5.56 Å². The van der Waals surface area contributed by atoms with E-state index in [0.29, 0.717) is 30.9 Å². The maximum atomic E-state index is 14.5. The summed E-state index contributed by atoms with van der Waals surface area (Å²) in [4.78, 5) is 47.3. The number of likely N-dealkylation sites (tertiary alicyclic amines) is 1. The molecule has 1 N–H and O–H groups in total. The molecule has 0 aromatic heterocycles. The number of β-amino-alcohol motifs (C(OH)–C–C–N with tert-alkyl or cyclic N) is 1. The second-order valence-electron chi connectivity index (χ2n) is 10.8. The highest BCUT2D eigenvalue weighted by Crippen LogP contribution is 2.60. The van der Waals surface area contributed by atoms with Crippen LogP contribution >= 0.6 is 15.9 Å². The van der Waals surface area contributed by atoms with Gasteiger partial charge in [-0.1, -0.05) is 58.4 Å². The number of carbonyl (C=O) groups is 3. The van der Waals surface area contributed by atoms with Gasteiger partial charge in [0.1, 0.15) is 17.4 Å². The molecule has 3 heterocycles. The van der Waals surface area contributed by atoms with Crippen LogP contribution in [0.15, 0.2) is 79.9 Å². The Hall–Kier alpha value is -3.47. The Bertz CT molecular complexity index is 1340. The molecule has 2 aromatic carbocycles. The molecular weight excluding hydrogens is 602 g/mol. The predicted molar refractivity (Wildman–Crippen MR) is 162 cm³/mol. The molecule has 222 valence electrons. The zero-order chi connectivity index (χ0) is 30.0. The van der Waals surface area contributed by atoms with Gasteiger partial charge in [0.2, 0.25) is 11.8 Å². The molecule has 3 unspecified atom stereocenters. The van der Waals surface area contributed by atoms with Crippen molar-refractivity contribution in [2.24, 2.45) is 11.8 Å². The summed E-state index contributed by atoms with van der Waals surface area (Å²) in [5.74, 6) is -1.95. The number of hydrogen-bond acceptors (Lipinski definition) is 6. The molecule has 3 fully saturated rings. The minimum absolute atomic E-state index is 0.0552. The first kappa shape index (κ1) is 30.0. The highest BCUT2D eigenvalue weighted by atomic mass is 79.9. The zero-order valence-electron chi connectivity index (χ0n) is 23.6. The van der Waals surface area contributed by atoms with E-state index in [-0.39, 0.29) is 42.2 Å².